The van der Waals surface area contributed by atoms with Crippen LogP contribution in [-0.2, 0) is 6.61 Å². The van der Waals surface area contributed by atoms with Crippen LogP contribution in [-0.4, -0.2) is 23.8 Å². The number of rotatable bonds is 7. The predicted molar refractivity (Wildman–Crippen MR) is 104 cm³/mol. The van der Waals surface area contributed by atoms with Crippen LogP contribution in [0.2, 0.25) is 0 Å². The Bertz CT molecular complexity index is 979. The first kappa shape index (κ1) is 19.0. The van der Waals surface area contributed by atoms with Crippen molar-refractivity contribution in [2.75, 3.05) is 7.11 Å². The molecule has 0 atom stereocenters. The summed E-state index contributed by atoms with van der Waals surface area (Å²) >= 11 is 0. The molecular formula is C21H20N2O5. The van der Waals surface area contributed by atoms with E-state index >= 15 is 0 Å². The number of benzene rings is 2. The summed E-state index contributed by atoms with van der Waals surface area (Å²) in [6, 6.07) is 17.3. The van der Waals surface area contributed by atoms with Crippen molar-refractivity contribution in [3.8, 4) is 17.2 Å². The van der Waals surface area contributed by atoms with E-state index in [1.165, 1.54) is 13.2 Å². The third kappa shape index (κ3) is 4.70. The summed E-state index contributed by atoms with van der Waals surface area (Å²) in [5.74, 6) is 1.44. The van der Waals surface area contributed by atoms with Gasteiger partial charge in [0.1, 0.15) is 29.6 Å². The molecule has 3 aromatic rings. The average molecular weight is 380 g/mol. The normalized spacial score (nSPS) is 11.1. The lowest BCUT2D eigenvalue weighted by atomic mass is 10.1. The Balaban J connectivity index is 1.62. The van der Waals surface area contributed by atoms with Crippen LogP contribution in [0.25, 0.3) is 0 Å². The fraction of sp³-hybridized carbons (Fsp3) is 0.143. The minimum absolute atomic E-state index is 0.0367. The van der Waals surface area contributed by atoms with E-state index in [2.05, 4.69) is 10.5 Å². The molecular weight excluding hydrogens is 360 g/mol. The lowest BCUT2D eigenvalue weighted by Crippen LogP contribution is -2.18. The van der Waals surface area contributed by atoms with Crippen molar-refractivity contribution in [1.82, 2.24) is 5.43 Å². The maximum Gasteiger partial charge on any atom is 0.307 e. The zero-order chi connectivity index (χ0) is 19.9. The highest BCUT2D eigenvalue weighted by Gasteiger charge is 2.12. The van der Waals surface area contributed by atoms with E-state index in [-0.39, 0.29) is 18.1 Å². The van der Waals surface area contributed by atoms with Crippen LogP contribution >= 0.6 is 0 Å². The molecule has 0 aliphatic carbocycles. The van der Waals surface area contributed by atoms with Gasteiger partial charge in [-0.15, -0.1) is 0 Å². The van der Waals surface area contributed by atoms with Crippen molar-refractivity contribution in [2.45, 2.75) is 13.5 Å². The monoisotopic (exact) mass is 380 g/mol. The molecule has 0 fully saturated rings. The first-order valence-corrected chi connectivity index (χ1v) is 8.55. The zero-order valence-electron chi connectivity index (χ0n) is 15.5. The lowest BCUT2D eigenvalue weighted by molar-refractivity contribution is 0.0923. The van der Waals surface area contributed by atoms with Crippen molar-refractivity contribution in [3.05, 3.63) is 77.7 Å². The summed E-state index contributed by atoms with van der Waals surface area (Å²) in [6.45, 7) is 1.87. The van der Waals surface area contributed by atoms with Gasteiger partial charge in [0.25, 0.3) is 0 Å². The number of methoxy groups -OCH3 is 1. The summed E-state index contributed by atoms with van der Waals surface area (Å²) in [4.78, 5) is 12.2. The highest BCUT2D eigenvalue weighted by atomic mass is 16.5. The molecule has 2 aromatic carbocycles. The number of nitrogens with one attached hydrogen (secondary N) is 1. The molecule has 0 spiro atoms. The third-order valence-corrected chi connectivity index (χ3v) is 3.93. The highest BCUT2D eigenvalue weighted by molar-refractivity contribution is 6.02. The summed E-state index contributed by atoms with van der Waals surface area (Å²) in [6.07, 6.45) is 0. The first-order chi connectivity index (χ1) is 13.6. The Morgan fingerprint density at radius 3 is 2.64 bits per heavy atom. The maximum atomic E-state index is 12.2. The number of furan rings is 1. The minimum Gasteiger partial charge on any atom is -0.507 e. The van der Waals surface area contributed by atoms with E-state index in [1.807, 2.05) is 30.3 Å². The van der Waals surface area contributed by atoms with Gasteiger partial charge >= 0.3 is 5.91 Å². The fourth-order valence-electron chi connectivity index (χ4n) is 2.43. The van der Waals surface area contributed by atoms with Gasteiger partial charge in [0, 0.05) is 5.56 Å². The number of para-hydroxylation sites is 1. The van der Waals surface area contributed by atoms with Crippen LogP contribution in [0.1, 0.15) is 28.8 Å². The number of carbonyl (C=O) groups is 1. The second kappa shape index (κ2) is 8.77. The largest absolute Gasteiger partial charge is 0.507 e. The van der Waals surface area contributed by atoms with Gasteiger partial charge in [-0.05, 0) is 49.4 Å². The molecule has 0 bridgehead atoms. The fourth-order valence-corrected chi connectivity index (χ4v) is 2.43. The van der Waals surface area contributed by atoms with Gasteiger partial charge in [-0.3, -0.25) is 4.79 Å². The SMILES string of the molecule is COc1ccc(O)c(/C(C)=N/NC(=O)c2ccc(COc3ccccc3)o2)c1. The molecule has 144 valence electrons. The standard InChI is InChI=1S/C21H20N2O5/c1-14(18-12-16(26-2)8-10-19(18)24)22-23-21(25)20-11-9-17(28-20)13-27-15-6-4-3-5-7-15/h3-12,24H,13H2,1-2H3,(H,23,25)/b22-14+. The number of nitrogens with zero attached hydrogens (tertiary/aromatic N) is 1. The van der Waals surface area contributed by atoms with Crippen molar-refractivity contribution in [2.24, 2.45) is 5.10 Å². The van der Waals surface area contributed by atoms with E-state index in [1.54, 1.807) is 31.2 Å². The molecule has 1 aromatic heterocycles. The van der Waals surface area contributed by atoms with Gasteiger partial charge in [-0.2, -0.15) is 5.10 Å². The summed E-state index contributed by atoms with van der Waals surface area (Å²) in [5, 5.41) is 14.0. The molecule has 1 amide bonds. The molecule has 0 radical (unpaired) electrons. The van der Waals surface area contributed by atoms with Crippen LogP contribution in [0.3, 0.4) is 0 Å². The van der Waals surface area contributed by atoms with Crippen LogP contribution in [0.5, 0.6) is 17.2 Å². The molecule has 28 heavy (non-hydrogen) atoms. The number of phenolic OH excluding ortho intramolecular Hbond substituents is 1. The van der Waals surface area contributed by atoms with E-state index in [0.717, 1.165) is 0 Å². The first-order valence-electron chi connectivity index (χ1n) is 8.55. The Morgan fingerprint density at radius 1 is 1.11 bits per heavy atom. The molecule has 2 N–H and O–H groups in total. The molecule has 3 rings (SSSR count). The van der Waals surface area contributed by atoms with Gasteiger partial charge in [-0.25, -0.2) is 5.43 Å². The Morgan fingerprint density at radius 2 is 1.89 bits per heavy atom. The number of phenols is 1. The molecule has 0 unspecified atom stereocenters. The van der Waals surface area contributed by atoms with Gasteiger partial charge in [0.15, 0.2) is 5.76 Å². The van der Waals surface area contributed by atoms with Crippen LogP contribution < -0.4 is 14.9 Å². The molecule has 7 heteroatoms. The quantitative estimate of drug-likeness (QED) is 0.481. The van der Waals surface area contributed by atoms with E-state index in [4.69, 9.17) is 13.9 Å². The summed E-state index contributed by atoms with van der Waals surface area (Å²) < 4.78 is 16.2. The Hall–Kier alpha value is -3.74. The Kier molecular flexibility index (Phi) is 5.96. The van der Waals surface area contributed by atoms with Crippen molar-refractivity contribution < 1.29 is 23.8 Å². The van der Waals surface area contributed by atoms with Crippen molar-refractivity contribution in [3.63, 3.8) is 0 Å². The average Bonchev–Trinajstić information content (AvgIpc) is 3.20. The number of carbonyl (C=O) groups excluding carboxylic acids is 1. The van der Waals surface area contributed by atoms with Gasteiger partial charge in [-0.1, -0.05) is 18.2 Å². The Labute approximate surface area is 162 Å². The van der Waals surface area contributed by atoms with Gasteiger partial charge in [0.05, 0.1) is 12.8 Å². The van der Waals surface area contributed by atoms with E-state index in [9.17, 15) is 9.90 Å². The topological polar surface area (TPSA) is 93.3 Å². The molecule has 7 nitrogen and oxygen atoms in total. The van der Waals surface area contributed by atoms with E-state index < -0.39 is 5.91 Å². The lowest BCUT2D eigenvalue weighted by Gasteiger charge is -2.07. The minimum atomic E-state index is -0.507. The number of hydrogen-bond donors (Lipinski definition) is 2. The van der Waals surface area contributed by atoms with Crippen LogP contribution in [0.15, 0.2) is 70.2 Å². The van der Waals surface area contributed by atoms with Crippen molar-refractivity contribution >= 4 is 11.6 Å². The maximum absolute atomic E-state index is 12.2. The predicted octanol–water partition coefficient (Wildman–Crippen LogP) is 3.73. The highest BCUT2D eigenvalue weighted by Crippen LogP contribution is 2.23. The molecule has 0 saturated carbocycles. The molecule has 1 heterocycles. The summed E-state index contributed by atoms with van der Waals surface area (Å²) in [5.41, 5.74) is 3.29. The zero-order valence-corrected chi connectivity index (χ0v) is 15.5. The third-order valence-electron chi connectivity index (χ3n) is 3.93. The number of aromatic hydroxyl groups is 1. The molecule has 0 aliphatic heterocycles. The second-order valence-corrected chi connectivity index (χ2v) is 5.89. The van der Waals surface area contributed by atoms with E-state index in [0.29, 0.717) is 28.5 Å². The number of hydrazone groups is 1. The second-order valence-electron chi connectivity index (χ2n) is 5.89. The van der Waals surface area contributed by atoms with Crippen LogP contribution in [0.4, 0.5) is 0 Å². The number of hydrogen-bond acceptors (Lipinski definition) is 6. The summed E-state index contributed by atoms with van der Waals surface area (Å²) in [7, 11) is 1.53. The van der Waals surface area contributed by atoms with Gasteiger partial charge < -0.3 is 19.0 Å². The van der Waals surface area contributed by atoms with Crippen molar-refractivity contribution in [1.29, 1.82) is 0 Å². The molecule has 0 aliphatic rings. The number of ether oxygens (including phenoxy) is 2. The smallest absolute Gasteiger partial charge is 0.307 e. The number of amides is 1. The van der Waals surface area contributed by atoms with Crippen LogP contribution in [0, 0.1) is 0 Å². The molecule has 0 saturated heterocycles. The van der Waals surface area contributed by atoms with Gasteiger partial charge in [0.2, 0.25) is 0 Å².